The van der Waals surface area contributed by atoms with E-state index in [9.17, 15) is 0 Å². The molecule has 0 radical (unpaired) electrons. The first-order valence-corrected chi connectivity index (χ1v) is 8.76. The van der Waals surface area contributed by atoms with Crippen molar-refractivity contribution in [1.82, 2.24) is 19.1 Å². The van der Waals surface area contributed by atoms with Crippen molar-refractivity contribution in [1.29, 1.82) is 5.26 Å². The molecule has 0 atom stereocenters. The lowest BCUT2D eigenvalue weighted by atomic mass is 10.2. The average molecular weight is 425 g/mol. The van der Waals surface area contributed by atoms with E-state index in [0.29, 0.717) is 10.6 Å². The Hall–Kier alpha value is -3.24. The molecule has 2 N–H and O–H groups in total. The number of aryl methyl sites for hydroxylation is 4. The van der Waals surface area contributed by atoms with Gasteiger partial charge in [0.1, 0.15) is 22.4 Å². The van der Waals surface area contributed by atoms with Gasteiger partial charge in [0.25, 0.3) is 0 Å². The Morgan fingerprint density at radius 2 is 1.40 bits per heavy atom. The van der Waals surface area contributed by atoms with Gasteiger partial charge in [-0.2, -0.15) is 5.26 Å². The third kappa shape index (κ3) is 5.02. The van der Waals surface area contributed by atoms with Gasteiger partial charge in [0.05, 0.1) is 5.56 Å². The first-order chi connectivity index (χ1) is 12.8. The molecule has 4 aromatic rings. The summed E-state index contributed by atoms with van der Waals surface area (Å²) in [5.41, 5.74) is 11.2. The van der Waals surface area contributed by atoms with Gasteiger partial charge in [-0.25, -0.2) is 9.97 Å². The highest BCUT2D eigenvalue weighted by atomic mass is 32.1. The van der Waals surface area contributed by atoms with Crippen molar-refractivity contribution in [2.75, 3.05) is 0 Å². The van der Waals surface area contributed by atoms with E-state index in [1.54, 1.807) is 6.20 Å². The lowest BCUT2D eigenvalue weighted by Gasteiger charge is -1.96. The van der Waals surface area contributed by atoms with Gasteiger partial charge in [0, 0.05) is 55.2 Å². The number of nitrogens with two attached hydrogens (primary N) is 1. The molecule has 0 spiro atoms. The second kappa shape index (κ2) is 10.5. The smallest absolute Gasteiger partial charge is 0.140 e. The summed E-state index contributed by atoms with van der Waals surface area (Å²) in [6.07, 6.45) is 7.37. The molecule has 0 aliphatic heterocycles. The molecule has 0 aromatic carbocycles. The van der Waals surface area contributed by atoms with Crippen LogP contribution >= 0.6 is 12.2 Å². The van der Waals surface area contributed by atoms with Gasteiger partial charge in [-0.15, -0.1) is 0 Å². The minimum atomic E-state index is 0. The van der Waals surface area contributed by atoms with Crippen LogP contribution in [0.25, 0.3) is 22.1 Å². The van der Waals surface area contributed by atoms with E-state index < -0.39 is 0 Å². The molecule has 4 heterocycles. The molecule has 0 fully saturated rings. The molecule has 0 bridgehead atoms. The van der Waals surface area contributed by atoms with Crippen LogP contribution < -0.4 is 5.73 Å². The van der Waals surface area contributed by atoms with Crippen LogP contribution in [0.1, 0.15) is 44.5 Å². The Kier molecular flexibility index (Phi) is 9.38. The summed E-state index contributed by atoms with van der Waals surface area (Å²) in [4.78, 5) is 9.01. The fourth-order valence-electron chi connectivity index (χ4n) is 3.02. The van der Waals surface area contributed by atoms with E-state index in [1.165, 1.54) is 0 Å². The fourth-order valence-corrected chi connectivity index (χ4v) is 3.18. The molecule has 6 nitrogen and oxygen atoms in total. The van der Waals surface area contributed by atoms with Crippen molar-refractivity contribution in [3.8, 4) is 6.07 Å². The first kappa shape index (κ1) is 26.8. The first-order valence-electron chi connectivity index (χ1n) is 8.35. The highest BCUT2D eigenvalue weighted by molar-refractivity contribution is 7.80. The number of hydrogen-bond acceptors (Lipinski definition) is 4. The number of rotatable bonds is 1. The van der Waals surface area contributed by atoms with Gasteiger partial charge in [0.15, 0.2) is 0 Å². The molecule has 30 heavy (non-hydrogen) atoms. The predicted molar refractivity (Wildman–Crippen MR) is 132 cm³/mol. The molecule has 0 unspecified atom stereocenters. The number of nitrogens with zero attached hydrogens (tertiary/aromatic N) is 5. The maximum absolute atomic E-state index is 8.85. The predicted octanol–water partition coefficient (Wildman–Crippen LogP) is 5.18. The average Bonchev–Trinajstić information content (AvgIpc) is 3.12. The van der Waals surface area contributed by atoms with E-state index >= 15 is 0 Å². The van der Waals surface area contributed by atoms with Gasteiger partial charge in [-0.3, -0.25) is 0 Å². The fraction of sp³-hybridized carbons (Fsp3) is 0.304. The second-order valence-electron chi connectivity index (χ2n) is 6.55. The zero-order valence-electron chi connectivity index (χ0n) is 15.7. The van der Waals surface area contributed by atoms with Gasteiger partial charge < -0.3 is 14.9 Å². The molecule has 7 heteroatoms. The van der Waals surface area contributed by atoms with Crippen molar-refractivity contribution in [2.45, 2.75) is 36.1 Å². The molecular formula is C23H32N6S. The van der Waals surface area contributed by atoms with E-state index in [2.05, 4.69) is 22.1 Å². The minimum absolute atomic E-state index is 0. The van der Waals surface area contributed by atoms with E-state index in [4.69, 9.17) is 23.2 Å². The number of fused-ring (bicyclic) bond motifs is 2. The van der Waals surface area contributed by atoms with E-state index in [1.807, 2.05) is 61.7 Å². The lowest BCUT2D eigenvalue weighted by Crippen LogP contribution is -2.08. The van der Waals surface area contributed by atoms with Crippen LogP contribution in [0.2, 0.25) is 0 Å². The van der Waals surface area contributed by atoms with Crippen LogP contribution in [0.5, 0.6) is 0 Å². The highest BCUT2D eigenvalue weighted by Crippen LogP contribution is 2.20. The van der Waals surface area contributed by atoms with E-state index in [-0.39, 0.29) is 22.3 Å². The zero-order chi connectivity index (χ0) is 19.7. The second-order valence-corrected chi connectivity index (χ2v) is 6.99. The standard InChI is InChI=1S/C10H11N3S.C10H9N3.3CH4/c1-6-3-7-8(9(11)14)5-13(2)10(7)12-4-6;1-7-3-9-8(4-11)6-13(2)10(9)12-5-7;;;/h3-5H,1-2H3,(H2,11,14);3,5-6H,1-2H3;3*1H4. The van der Waals surface area contributed by atoms with Gasteiger partial charge in [-0.05, 0) is 37.1 Å². The molecule has 4 aromatic heterocycles. The van der Waals surface area contributed by atoms with Gasteiger partial charge in [0.2, 0.25) is 0 Å². The van der Waals surface area contributed by atoms with Crippen molar-refractivity contribution in [3.63, 3.8) is 0 Å². The maximum atomic E-state index is 8.85. The summed E-state index contributed by atoms with van der Waals surface area (Å²) in [6.45, 7) is 3.98. The van der Waals surface area contributed by atoms with Crippen LogP contribution in [0.3, 0.4) is 0 Å². The summed E-state index contributed by atoms with van der Waals surface area (Å²) in [6, 6.07) is 6.20. The Balaban J connectivity index is 0.000000511. The summed E-state index contributed by atoms with van der Waals surface area (Å²) in [5.74, 6) is 0. The SMILES string of the molecule is C.C.C.Cc1cnc2c(c1)c(C#N)cn2C.Cc1cnc2c(c1)c(C(N)=S)cn2C. The Labute approximate surface area is 185 Å². The van der Waals surface area contributed by atoms with E-state index in [0.717, 1.165) is 38.8 Å². The lowest BCUT2D eigenvalue weighted by molar-refractivity contribution is 0.946. The molecule has 0 saturated carbocycles. The molecule has 0 amide bonds. The number of pyridine rings is 2. The molecule has 0 aliphatic rings. The normalized spacial score (nSPS) is 9.43. The molecule has 4 rings (SSSR count). The maximum Gasteiger partial charge on any atom is 0.140 e. The quantitative estimate of drug-likeness (QED) is 0.426. The third-order valence-electron chi connectivity index (χ3n) is 4.29. The van der Waals surface area contributed by atoms with Crippen LogP contribution in [-0.2, 0) is 14.1 Å². The Bertz CT molecular complexity index is 1210. The van der Waals surface area contributed by atoms with Crippen molar-refractivity contribution in [3.05, 3.63) is 59.2 Å². The van der Waals surface area contributed by atoms with Gasteiger partial charge in [-0.1, -0.05) is 34.5 Å². The number of nitriles is 1. The minimum Gasteiger partial charge on any atom is -0.389 e. The van der Waals surface area contributed by atoms with Crippen LogP contribution in [-0.4, -0.2) is 24.1 Å². The number of hydrogen-bond donors (Lipinski definition) is 1. The summed E-state index contributed by atoms with van der Waals surface area (Å²) in [7, 11) is 3.83. The summed E-state index contributed by atoms with van der Waals surface area (Å²) < 4.78 is 3.80. The van der Waals surface area contributed by atoms with Crippen molar-refractivity contribution < 1.29 is 0 Å². The largest absolute Gasteiger partial charge is 0.389 e. The summed E-state index contributed by atoms with van der Waals surface area (Å²) >= 11 is 4.98. The van der Waals surface area contributed by atoms with Gasteiger partial charge >= 0.3 is 0 Å². The highest BCUT2D eigenvalue weighted by Gasteiger charge is 2.09. The molecule has 0 aliphatic carbocycles. The summed E-state index contributed by atoms with van der Waals surface area (Å²) in [5, 5.41) is 10.8. The Morgan fingerprint density at radius 1 is 0.933 bits per heavy atom. The van der Waals surface area contributed by atoms with Crippen LogP contribution in [0.4, 0.5) is 0 Å². The van der Waals surface area contributed by atoms with Crippen LogP contribution in [0.15, 0.2) is 36.9 Å². The van der Waals surface area contributed by atoms with Crippen molar-refractivity contribution >= 4 is 39.3 Å². The zero-order valence-corrected chi connectivity index (χ0v) is 16.5. The number of thiocarbonyl (C=S) groups is 1. The molecular weight excluding hydrogens is 392 g/mol. The van der Waals surface area contributed by atoms with Crippen LogP contribution in [0, 0.1) is 25.2 Å². The molecule has 160 valence electrons. The third-order valence-corrected chi connectivity index (χ3v) is 4.51. The Morgan fingerprint density at radius 3 is 1.90 bits per heavy atom. The topological polar surface area (TPSA) is 85.4 Å². The monoisotopic (exact) mass is 424 g/mol. The van der Waals surface area contributed by atoms with Crippen molar-refractivity contribution in [2.24, 2.45) is 19.8 Å². The molecule has 0 saturated heterocycles. The number of aromatic nitrogens is 4.